The van der Waals surface area contributed by atoms with Gasteiger partial charge in [0.2, 0.25) is 0 Å². The Morgan fingerprint density at radius 2 is 2.20 bits per heavy atom. The van der Waals surface area contributed by atoms with Crippen molar-refractivity contribution in [2.75, 3.05) is 12.0 Å². The topological polar surface area (TPSA) is 43.8 Å². The molecule has 0 fully saturated rings. The van der Waals surface area contributed by atoms with Gasteiger partial charge in [-0.05, 0) is 12.3 Å². The monoisotopic (exact) mass is 221 g/mol. The Hall–Kier alpha value is -1.00. The van der Waals surface area contributed by atoms with Crippen molar-refractivity contribution in [2.24, 2.45) is 5.73 Å². The number of rotatable bonds is 4. The van der Waals surface area contributed by atoms with E-state index < -0.39 is 0 Å². The van der Waals surface area contributed by atoms with E-state index in [1.54, 1.807) is 0 Å². The Morgan fingerprint density at radius 1 is 1.40 bits per heavy atom. The minimum atomic E-state index is 0.507. The molecule has 0 spiro atoms. The van der Waals surface area contributed by atoms with E-state index in [0.717, 1.165) is 18.0 Å². The van der Waals surface area contributed by atoms with Crippen LogP contribution in [0.3, 0.4) is 0 Å². The summed E-state index contributed by atoms with van der Waals surface area (Å²) >= 11 is 1.83. The van der Waals surface area contributed by atoms with Gasteiger partial charge >= 0.3 is 0 Å². The number of thioether (sulfide) groups is 1. The zero-order valence-corrected chi connectivity index (χ0v) is 9.63. The Kier molecular flexibility index (Phi) is 3.28. The lowest BCUT2D eigenvalue weighted by Crippen LogP contribution is -2.04. The summed E-state index contributed by atoms with van der Waals surface area (Å²) in [5, 5.41) is 5.71. The van der Waals surface area contributed by atoms with Crippen molar-refractivity contribution in [1.82, 2.24) is 9.78 Å². The molecule has 0 saturated heterocycles. The summed E-state index contributed by atoms with van der Waals surface area (Å²) in [6.07, 6.45) is 2.11. The van der Waals surface area contributed by atoms with Crippen molar-refractivity contribution >= 4 is 22.7 Å². The Bertz CT molecular complexity index is 450. The third kappa shape index (κ3) is 2.01. The zero-order chi connectivity index (χ0) is 10.7. The van der Waals surface area contributed by atoms with Crippen LogP contribution in [0.1, 0.15) is 5.69 Å². The maximum Gasteiger partial charge on any atom is 0.0838 e. The molecule has 80 valence electrons. The van der Waals surface area contributed by atoms with E-state index in [-0.39, 0.29) is 0 Å². The summed E-state index contributed by atoms with van der Waals surface area (Å²) in [6.45, 7) is 1.45. The third-order valence-corrected chi connectivity index (χ3v) is 3.03. The molecular weight excluding hydrogens is 206 g/mol. The molecule has 0 unspecified atom stereocenters. The van der Waals surface area contributed by atoms with Crippen molar-refractivity contribution in [1.29, 1.82) is 0 Å². The molecule has 0 bridgehead atoms. The van der Waals surface area contributed by atoms with Crippen LogP contribution in [0, 0.1) is 0 Å². The van der Waals surface area contributed by atoms with Crippen LogP contribution in [0.5, 0.6) is 0 Å². The molecule has 3 nitrogen and oxygen atoms in total. The van der Waals surface area contributed by atoms with Crippen LogP contribution in [0.15, 0.2) is 24.3 Å². The maximum absolute atomic E-state index is 5.68. The van der Waals surface area contributed by atoms with Crippen molar-refractivity contribution in [3.63, 3.8) is 0 Å². The molecule has 0 aliphatic rings. The Morgan fingerprint density at radius 3 is 2.93 bits per heavy atom. The number of hydrogen-bond donors (Lipinski definition) is 1. The second-order valence-electron chi connectivity index (χ2n) is 3.38. The van der Waals surface area contributed by atoms with Gasteiger partial charge in [0.15, 0.2) is 0 Å². The van der Waals surface area contributed by atoms with Gasteiger partial charge < -0.3 is 5.73 Å². The highest BCUT2D eigenvalue weighted by Gasteiger charge is 2.07. The second-order valence-corrected chi connectivity index (χ2v) is 4.37. The fourth-order valence-corrected chi connectivity index (χ4v) is 2.05. The van der Waals surface area contributed by atoms with Crippen LogP contribution in [0.25, 0.3) is 10.9 Å². The number of fused-ring (bicyclic) bond motifs is 1. The largest absolute Gasteiger partial charge is 0.325 e. The van der Waals surface area contributed by atoms with Crippen LogP contribution in [-0.4, -0.2) is 21.8 Å². The summed E-state index contributed by atoms with van der Waals surface area (Å²) in [5.74, 6) is 1.08. The molecule has 1 heterocycles. The normalized spacial score (nSPS) is 11.1. The van der Waals surface area contributed by atoms with E-state index in [9.17, 15) is 0 Å². The van der Waals surface area contributed by atoms with Crippen LogP contribution in [0.4, 0.5) is 0 Å². The van der Waals surface area contributed by atoms with Crippen LogP contribution >= 0.6 is 11.8 Å². The Labute approximate surface area is 93.6 Å². The molecule has 0 atom stereocenters. The molecule has 0 radical (unpaired) electrons. The van der Waals surface area contributed by atoms with Gasteiger partial charge in [-0.2, -0.15) is 16.9 Å². The molecule has 2 N–H and O–H groups in total. The number of nitrogens with two attached hydrogens (primary N) is 1. The lowest BCUT2D eigenvalue weighted by molar-refractivity contribution is 0.675. The van der Waals surface area contributed by atoms with Crippen LogP contribution in [0.2, 0.25) is 0 Å². The molecular formula is C11H15N3S. The van der Waals surface area contributed by atoms with Gasteiger partial charge in [0.1, 0.15) is 0 Å². The third-order valence-electron chi connectivity index (χ3n) is 2.44. The first-order chi connectivity index (χ1) is 7.36. The number of aromatic nitrogens is 2. The first kappa shape index (κ1) is 10.5. The van der Waals surface area contributed by atoms with E-state index in [2.05, 4.69) is 23.5 Å². The second kappa shape index (κ2) is 4.68. The summed E-state index contributed by atoms with van der Waals surface area (Å²) in [4.78, 5) is 0. The molecule has 1 aromatic carbocycles. The predicted molar refractivity (Wildman–Crippen MR) is 66.0 cm³/mol. The van der Waals surface area contributed by atoms with E-state index in [1.165, 1.54) is 10.9 Å². The molecule has 15 heavy (non-hydrogen) atoms. The molecule has 0 saturated carbocycles. The van der Waals surface area contributed by atoms with Crippen molar-refractivity contribution in [2.45, 2.75) is 13.1 Å². The van der Waals surface area contributed by atoms with E-state index in [4.69, 9.17) is 5.73 Å². The van der Waals surface area contributed by atoms with Gasteiger partial charge in [0.25, 0.3) is 0 Å². The van der Waals surface area contributed by atoms with Gasteiger partial charge in [0, 0.05) is 17.7 Å². The van der Waals surface area contributed by atoms with E-state index in [0.29, 0.717) is 6.54 Å². The van der Waals surface area contributed by atoms with Gasteiger partial charge in [-0.25, -0.2) is 0 Å². The van der Waals surface area contributed by atoms with Gasteiger partial charge in [-0.15, -0.1) is 0 Å². The van der Waals surface area contributed by atoms with E-state index in [1.807, 2.05) is 28.6 Å². The van der Waals surface area contributed by atoms with Crippen molar-refractivity contribution in [3.05, 3.63) is 30.0 Å². The van der Waals surface area contributed by atoms with E-state index >= 15 is 0 Å². The summed E-state index contributed by atoms with van der Waals surface area (Å²) < 4.78 is 2.05. The minimum Gasteiger partial charge on any atom is -0.325 e. The average molecular weight is 221 g/mol. The van der Waals surface area contributed by atoms with Crippen molar-refractivity contribution < 1.29 is 0 Å². The number of benzene rings is 1. The molecule has 2 aromatic rings. The first-order valence-electron chi connectivity index (χ1n) is 5.00. The number of nitrogens with zero attached hydrogens (tertiary/aromatic N) is 2. The first-order valence-corrected chi connectivity index (χ1v) is 6.39. The number of aryl methyl sites for hydroxylation is 1. The maximum atomic E-state index is 5.68. The highest BCUT2D eigenvalue weighted by atomic mass is 32.2. The summed E-state index contributed by atoms with van der Waals surface area (Å²) in [5.41, 5.74) is 7.86. The lowest BCUT2D eigenvalue weighted by Gasteiger charge is -2.00. The number of hydrogen-bond acceptors (Lipinski definition) is 3. The molecule has 1 aromatic heterocycles. The standard InChI is InChI=1S/C11H15N3S/c1-15-7-6-14-11-5-3-2-4-9(11)10(8-12)13-14/h2-5H,6-8,12H2,1H3. The van der Waals surface area contributed by atoms with Gasteiger partial charge in [0.05, 0.1) is 17.8 Å². The van der Waals surface area contributed by atoms with Crippen LogP contribution < -0.4 is 5.73 Å². The average Bonchev–Trinajstić information content (AvgIpc) is 2.65. The highest BCUT2D eigenvalue weighted by Crippen LogP contribution is 2.18. The predicted octanol–water partition coefficient (Wildman–Crippen LogP) is 1.86. The smallest absolute Gasteiger partial charge is 0.0838 e. The summed E-state index contributed by atoms with van der Waals surface area (Å²) in [6, 6.07) is 8.25. The summed E-state index contributed by atoms with van der Waals surface area (Å²) in [7, 11) is 0. The highest BCUT2D eigenvalue weighted by molar-refractivity contribution is 7.98. The zero-order valence-electron chi connectivity index (χ0n) is 8.81. The fourth-order valence-electron chi connectivity index (χ4n) is 1.70. The Balaban J connectivity index is 2.45. The molecule has 4 heteroatoms. The fraction of sp³-hybridized carbons (Fsp3) is 0.364. The van der Waals surface area contributed by atoms with Gasteiger partial charge in [-0.3, -0.25) is 4.68 Å². The molecule has 2 rings (SSSR count). The molecule has 0 aliphatic carbocycles. The SMILES string of the molecule is CSCCn1nc(CN)c2ccccc21. The minimum absolute atomic E-state index is 0.507. The molecule has 0 amide bonds. The lowest BCUT2D eigenvalue weighted by atomic mass is 10.2. The van der Waals surface area contributed by atoms with Gasteiger partial charge in [-0.1, -0.05) is 18.2 Å². The number of para-hydroxylation sites is 1. The van der Waals surface area contributed by atoms with Crippen LogP contribution in [-0.2, 0) is 13.1 Å². The van der Waals surface area contributed by atoms with Crippen molar-refractivity contribution in [3.8, 4) is 0 Å². The molecule has 0 aliphatic heterocycles. The quantitative estimate of drug-likeness (QED) is 0.857.